The molecular weight excluding hydrogens is 256 g/mol. The van der Waals surface area contributed by atoms with Crippen LogP contribution in [0.2, 0.25) is 0 Å². The quantitative estimate of drug-likeness (QED) is 0.620. The lowest BCUT2D eigenvalue weighted by Crippen LogP contribution is -2.48. The molecule has 1 saturated carbocycles. The van der Waals surface area contributed by atoms with Gasteiger partial charge in [0.15, 0.2) is 0 Å². The molecule has 3 rings (SSSR count). The maximum atomic E-state index is 5.23. The van der Waals surface area contributed by atoms with Gasteiger partial charge in [0, 0.05) is 0 Å². The van der Waals surface area contributed by atoms with Crippen LogP contribution in [-0.2, 0) is 6.42 Å². The summed E-state index contributed by atoms with van der Waals surface area (Å²) < 4.78 is 5.23. The van der Waals surface area contributed by atoms with Crippen LogP contribution in [-0.4, -0.2) is 0 Å². The lowest BCUT2D eigenvalue weighted by atomic mass is 9.48. The number of aryl methyl sites for hydroxylation is 1. The first-order valence-electron chi connectivity index (χ1n) is 8.61. The van der Waals surface area contributed by atoms with E-state index < -0.39 is 0 Å². The second kappa shape index (κ2) is 5.34. The minimum atomic E-state index is 0.490. The van der Waals surface area contributed by atoms with Crippen molar-refractivity contribution in [3.05, 3.63) is 35.8 Å². The van der Waals surface area contributed by atoms with E-state index in [1.165, 1.54) is 37.7 Å². The fourth-order valence-electron chi connectivity index (χ4n) is 5.44. The van der Waals surface area contributed by atoms with Gasteiger partial charge < -0.3 is 4.42 Å². The Labute approximate surface area is 129 Å². The molecule has 1 nitrogen and oxygen atoms in total. The topological polar surface area (TPSA) is 13.1 Å². The zero-order valence-corrected chi connectivity index (χ0v) is 14.1. The third-order valence-corrected chi connectivity index (χ3v) is 6.60. The number of allylic oxidation sites excluding steroid dienone is 2. The highest BCUT2D eigenvalue weighted by Crippen LogP contribution is 2.60. The van der Waals surface area contributed by atoms with Crippen LogP contribution in [0.15, 0.2) is 34.7 Å². The molecule has 2 aliphatic carbocycles. The fourth-order valence-corrected chi connectivity index (χ4v) is 5.44. The van der Waals surface area contributed by atoms with E-state index in [1.54, 1.807) is 11.8 Å². The Balaban J connectivity index is 1.83. The largest absolute Gasteiger partial charge is 0.472 e. The van der Waals surface area contributed by atoms with Crippen LogP contribution >= 0.6 is 0 Å². The normalized spacial score (nSPS) is 35.1. The van der Waals surface area contributed by atoms with Crippen molar-refractivity contribution in [2.45, 2.75) is 66.2 Å². The molecule has 0 bridgehead atoms. The zero-order chi connectivity index (χ0) is 15.1. The first kappa shape index (κ1) is 14.9. The van der Waals surface area contributed by atoms with Crippen LogP contribution in [0, 0.1) is 22.7 Å². The Bertz CT molecular complexity index is 508. The molecule has 0 spiro atoms. The molecule has 0 saturated heterocycles. The Morgan fingerprint density at radius 3 is 2.76 bits per heavy atom. The van der Waals surface area contributed by atoms with Crippen LogP contribution in [0.25, 0.3) is 0 Å². The Hall–Kier alpha value is -0.980. The molecular formula is C20H30O. The van der Waals surface area contributed by atoms with Gasteiger partial charge in [0.05, 0.1) is 12.5 Å². The smallest absolute Gasteiger partial charge is 0.0934 e. The Morgan fingerprint density at radius 1 is 1.24 bits per heavy atom. The van der Waals surface area contributed by atoms with E-state index >= 15 is 0 Å². The third-order valence-electron chi connectivity index (χ3n) is 6.60. The van der Waals surface area contributed by atoms with Gasteiger partial charge in [-0.05, 0) is 73.3 Å². The first-order chi connectivity index (χ1) is 9.93. The summed E-state index contributed by atoms with van der Waals surface area (Å²) in [4.78, 5) is 0. The second-order valence-electron chi connectivity index (χ2n) is 8.31. The second-order valence-corrected chi connectivity index (χ2v) is 8.31. The Morgan fingerprint density at radius 2 is 2.05 bits per heavy atom. The minimum absolute atomic E-state index is 0.490. The molecule has 21 heavy (non-hydrogen) atoms. The highest BCUT2D eigenvalue weighted by atomic mass is 16.3. The van der Waals surface area contributed by atoms with Crippen LogP contribution in [0.1, 0.15) is 65.4 Å². The molecule has 0 N–H and O–H groups in total. The number of hydrogen-bond acceptors (Lipinski definition) is 1. The maximum absolute atomic E-state index is 5.23. The van der Waals surface area contributed by atoms with Gasteiger partial charge in [0.25, 0.3) is 0 Å². The molecule has 0 unspecified atom stereocenters. The van der Waals surface area contributed by atoms with E-state index in [9.17, 15) is 0 Å². The lowest BCUT2D eigenvalue weighted by molar-refractivity contribution is -0.0390. The van der Waals surface area contributed by atoms with Crippen molar-refractivity contribution in [2.24, 2.45) is 22.7 Å². The summed E-state index contributed by atoms with van der Waals surface area (Å²) in [7, 11) is 0. The molecule has 3 atom stereocenters. The molecule has 0 aliphatic heterocycles. The van der Waals surface area contributed by atoms with Crippen LogP contribution in [0.4, 0.5) is 0 Å². The third kappa shape index (κ3) is 2.60. The van der Waals surface area contributed by atoms with Gasteiger partial charge in [-0.1, -0.05) is 38.8 Å². The van der Waals surface area contributed by atoms with Gasteiger partial charge in [-0.15, -0.1) is 0 Å². The van der Waals surface area contributed by atoms with Crippen molar-refractivity contribution in [2.75, 3.05) is 0 Å². The maximum Gasteiger partial charge on any atom is 0.0934 e. The van der Waals surface area contributed by atoms with Gasteiger partial charge in [0.1, 0.15) is 0 Å². The van der Waals surface area contributed by atoms with Crippen LogP contribution in [0.5, 0.6) is 0 Å². The SMILES string of the molecule is CC1=CC[C@@H]2C(C)(C)CCC[C@@]2(C)[C@@H]1CCc1ccoc1. The molecule has 1 heterocycles. The molecule has 0 amide bonds. The van der Waals surface area contributed by atoms with Crippen molar-refractivity contribution in [1.29, 1.82) is 0 Å². The highest BCUT2D eigenvalue weighted by Gasteiger charge is 2.51. The van der Waals surface area contributed by atoms with Gasteiger partial charge in [-0.2, -0.15) is 0 Å². The van der Waals surface area contributed by atoms with E-state index in [0.29, 0.717) is 10.8 Å². The highest BCUT2D eigenvalue weighted by molar-refractivity contribution is 5.19. The summed E-state index contributed by atoms with van der Waals surface area (Å²) in [6.45, 7) is 9.94. The number of rotatable bonds is 3. The van der Waals surface area contributed by atoms with Crippen LogP contribution in [0.3, 0.4) is 0 Å². The van der Waals surface area contributed by atoms with Gasteiger partial charge >= 0.3 is 0 Å². The molecule has 1 aromatic rings. The van der Waals surface area contributed by atoms with E-state index in [1.807, 2.05) is 6.26 Å². The van der Waals surface area contributed by atoms with Crippen molar-refractivity contribution >= 4 is 0 Å². The summed E-state index contributed by atoms with van der Waals surface area (Å²) in [6, 6.07) is 2.12. The van der Waals surface area contributed by atoms with Crippen molar-refractivity contribution in [3.8, 4) is 0 Å². The van der Waals surface area contributed by atoms with Crippen LogP contribution < -0.4 is 0 Å². The minimum Gasteiger partial charge on any atom is -0.472 e. The molecule has 1 aromatic heterocycles. The van der Waals surface area contributed by atoms with Crippen molar-refractivity contribution < 1.29 is 4.42 Å². The van der Waals surface area contributed by atoms with Gasteiger partial charge in [0.2, 0.25) is 0 Å². The van der Waals surface area contributed by atoms with E-state index in [0.717, 1.165) is 18.3 Å². The lowest BCUT2D eigenvalue weighted by Gasteiger charge is -2.57. The van der Waals surface area contributed by atoms with E-state index in [4.69, 9.17) is 4.42 Å². The predicted octanol–water partition coefficient (Wildman–Crippen LogP) is 6.01. The van der Waals surface area contributed by atoms with E-state index in [-0.39, 0.29) is 0 Å². The molecule has 1 heteroatoms. The average molecular weight is 286 g/mol. The summed E-state index contributed by atoms with van der Waals surface area (Å²) in [5, 5.41) is 0. The number of fused-ring (bicyclic) bond motifs is 1. The molecule has 2 aliphatic rings. The summed E-state index contributed by atoms with van der Waals surface area (Å²) >= 11 is 0. The summed E-state index contributed by atoms with van der Waals surface area (Å²) in [5.74, 6) is 1.59. The monoisotopic (exact) mass is 286 g/mol. The van der Waals surface area contributed by atoms with E-state index in [2.05, 4.69) is 39.8 Å². The first-order valence-corrected chi connectivity index (χ1v) is 8.61. The van der Waals surface area contributed by atoms with Gasteiger partial charge in [-0.25, -0.2) is 0 Å². The standard InChI is InChI=1S/C20H30O/c1-15-6-9-18-19(2,3)11-5-12-20(18,4)17(15)8-7-16-10-13-21-14-16/h6,10,13-14,17-18H,5,7-9,11-12H2,1-4H3/t17-,18-,20+/m1/s1. The molecule has 0 aromatic carbocycles. The molecule has 1 fully saturated rings. The summed E-state index contributed by atoms with van der Waals surface area (Å²) in [6.07, 6.45) is 14.2. The molecule has 0 radical (unpaired) electrons. The van der Waals surface area contributed by atoms with Gasteiger partial charge in [-0.3, -0.25) is 0 Å². The summed E-state index contributed by atoms with van der Waals surface area (Å²) in [5.41, 5.74) is 3.97. The molecule has 116 valence electrons. The Kier molecular flexibility index (Phi) is 3.80. The predicted molar refractivity (Wildman–Crippen MR) is 88.1 cm³/mol. The number of furan rings is 1. The fraction of sp³-hybridized carbons (Fsp3) is 0.700. The van der Waals surface area contributed by atoms with Crippen molar-refractivity contribution in [3.63, 3.8) is 0 Å². The average Bonchev–Trinajstić information content (AvgIpc) is 2.90. The zero-order valence-electron chi connectivity index (χ0n) is 14.1. The van der Waals surface area contributed by atoms with Crippen molar-refractivity contribution in [1.82, 2.24) is 0 Å². The number of hydrogen-bond donors (Lipinski definition) is 0.